The van der Waals surface area contributed by atoms with Crippen molar-refractivity contribution in [3.63, 3.8) is 0 Å². The lowest BCUT2D eigenvalue weighted by atomic mass is 9.99. The number of aldehydes is 1. The van der Waals surface area contributed by atoms with E-state index in [4.69, 9.17) is 11.6 Å². The molecule has 6 N–H and O–H groups in total. The van der Waals surface area contributed by atoms with Gasteiger partial charge in [-0.25, -0.2) is 0 Å². The summed E-state index contributed by atoms with van der Waals surface area (Å²) < 4.78 is 6.73. The number of hydrogen-bond donors (Lipinski definition) is 6. The molecule has 0 aliphatic carbocycles. The molecular weight excluding hydrogens is 222 g/mol. The average Bonchev–Trinajstić information content (AvgIpc) is 2.24. The SMILES string of the molecule is [2H]C(=O)[C@@](O)(NC(C)=O)[C@@H](O)[C@H](O)[C@H](O)CO. The fourth-order valence-electron chi connectivity index (χ4n) is 0.994. The Balaban J connectivity index is 5.06. The van der Waals surface area contributed by atoms with E-state index >= 15 is 0 Å². The highest BCUT2D eigenvalue weighted by Gasteiger charge is 2.43. The van der Waals surface area contributed by atoms with Crippen LogP contribution in [0.25, 0.3) is 0 Å². The Bertz CT molecular complexity index is 300. The summed E-state index contributed by atoms with van der Waals surface area (Å²) in [6, 6.07) is 0. The van der Waals surface area contributed by atoms with Gasteiger partial charge in [-0.1, -0.05) is 0 Å². The predicted molar refractivity (Wildman–Crippen MR) is 49.9 cm³/mol. The largest absolute Gasteiger partial charge is 0.394 e. The van der Waals surface area contributed by atoms with Crippen LogP contribution >= 0.6 is 0 Å². The molecule has 0 aromatic carbocycles. The highest BCUT2D eigenvalue weighted by atomic mass is 16.4. The molecule has 8 heteroatoms. The normalized spacial score (nSPS) is 21.2. The number of amides is 1. The van der Waals surface area contributed by atoms with Crippen LogP contribution in [0.2, 0.25) is 0 Å². The second kappa shape index (κ2) is 5.87. The zero-order valence-electron chi connectivity index (χ0n) is 9.49. The Labute approximate surface area is 92.5 Å². The van der Waals surface area contributed by atoms with Crippen molar-refractivity contribution in [2.24, 2.45) is 0 Å². The second-order valence-corrected chi connectivity index (χ2v) is 3.23. The zero-order valence-corrected chi connectivity index (χ0v) is 8.49. The minimum absolute atomic E-state index is 0.912. The van der Waals surface area contributed by atoms with Gasteiger partial charge in [0, 0.05) is 6.92 Å². The summed E-state index contributed by atoms with van der Waals surface area (Å²) in [4.78, 5) is 21.6. The van der Waals surface area contributed by atoms with Gasteiger partial charge >= 0.3 is 0 Å². The summed E-state index contributed by atoms with van der Waals surface area (Å²) in [5.74, 6) is -0.933. The van der Waals surface area contributed by atoms with Crippen molar-refractivity contribution in [3.8, 4) is 0 Å². The first kappa shape index (κ1) is 13.0. The van der Waals surface area contributed by atoms with E-state index in [1.165, 1.54) is 0 Å². The van der Waals surface area contributed by atoms with E-state index in [1.54, 1.807) is 5.32 Å². The highest BCUT2D eigenvalue weighted by Crippen LogP contribution is 2.11. The summed E-state index contributed by atoms with van der Waals surface area (Å²) in [5.41, 5.74) is -3.05. The Morgan fingerprint density at radius 2 is 2.06 bits per heavy atom. The minimum atomic E-state index is -3.05. The first-order valence-electron chi connectivity index (χ1n) is 4.84. The van der Waals surface area contributed by atoms with Crippen LogP contribution in [0.4, 0.5) is 0 Å². The van der Waals surface area contributed by atoms with Gasteiger partial charge in [0.1, 0.15) is 19.7 Å². The molecule has 0 unspecified atom stereocenters. The molecule has 8 nitrogen and oxygen atoms in total. The maximum atomic E-state index is 10.8. The maximum Gasteiger partial charge on any atom is 0.224 e. The van der Waals surface area contributed by atoms with Crippen LogP contribution in [-0.2, 0) is 9.59 Å². The second-order valence-electron chi connectivity index (χ2n) is 3.23. The molecule has 0 spiro atoms. The molecule has 0 rings (SSSR count). The van der Waals surface area contributed by atoms with E-state index in [0.29, 0.717) is 0 Å². The number of nitrogens with one attached hydrogen (secondary N) is 1. The smallest absolute Gasteiger partial charge is 0.224 e. The predicted octanol–water partition coefficient (Wildman–Crippen LogP) is -3.91. The minimum Gasteiger partial charge on any atom is -0.394 e. The third kappa shape index (κ3) is 3.51. The maximum absolute atomic E-state index is 10.8. The summed E-state index contributed by atoms with van der Waals surface area (Å²) in [6.07, 6.45) is -8.10. The molecule has 0 aliphatic heterocycles. The van der Waals surface area contributed by atoms with Crippen molar-refractivity contribution in [1.29, 1.82) is 0 Å². The van der Waals surface area contributed by atoms with Crippen molar-refractivity contribution in [3.05, 3.63) is 0 Å². The number of aliphatic hydroxyl groups is 5. The average molecular weight is 238 g/mol. The van der Waals surface area contributed by atoms with E-state index in [1.807, 2.05) is 0 Å². The van der Waals surface area contributed by atoms with E-state index in [2.05, 4.69) is 0 Å². The van der Waals surface area contributed by atoms with Crippen LogP contribution in [0.3, 0.4) is 0 Å². The monoisotopic (exact) mass is 238 g/mol. The molecule has 16 heavy (non-hydrogen) atoms. The van der Waals surface area contributed by atoms with Gasteiger partial charge in [-0.15, -0.1) is 0 Å². The van der Waals surface area contributed by atoms with Crippen molar-refractivity contribution in [1.82, 2.24) is 5.32 Å². The molecule has 0 saturated heterocycles. The van der Waals surface area contributed by atoms with Crippen molar-refractivity contribution >= 4 is 12.2 Å². The van der Waals surface area contributed by atoms with Crippen LogP contribution in [0.15, 0.2) is 0 Å². The number of rotatable bonds is 6. The van der Waals surface area contributed by atoms with Gasteiger partial charge in [0.15, 0.2) is 6.26 Å². The Morgan fingerprint density at radius 1 is 1.56 bits per heavy atom. The van der Waals surface area contributed by atoms with E-state index < -0.39 is 42.8 Å². The first-order valence-corrected chi connectivity index (χ1v) is 4.34. The van der Waals surface area contributed by atoms with Gasteiger partial charge in [-0.2, -0.15) is 0 Å². The summed E-state index contributed by atoms with van der Waals surface area (Å²) in [5, 5.41) is 47.4. The summed E-state index contributed by atoms with van der Waals surface area (Å²) in [7, 11) is 0. The lowest BCUT2D eigenvalue weighted by molar-refractivity contribution is -0.176. The fraction of sp³-hybridized carbons (Fsp3) is 0.750. The van der Waals surface area contributed by atoms with Crippen LogP contribution in [0.5, 0.6) is 0 Å². The molecular formula is C8H15NO7. The lowest BCUT2D eigenvalue weighted by Gasteiger charge is -2.32. The van der Waals surface area contributed by atoms with Gasteiger partial charge in [0.05, 0.1) is 6.61 Å². The number of carbonyl (C=O) groups is 2. The molecule has 0 bridgehead atoms. The molecule has 94 valence electrons. The summed E-state index contributed by atoms with van der Waals surface area (Å²) >= 11 is 0. The van der Waals surface area contributed by atoms with Gasteiger partial charge in [-0.05, 0) is 0 Å². The molecule has 0 aromatic rings. The third-order valence-corrected chi connectivity index (χ3v) is 1.86. The Hall–Kier alpha value is -1.06. The quantitative estimate of drug-likeness (QED) is 0.204. The molecule has 0 aliphatic rings. The summed E-state index contributed by atoms with van der Waals surface area (Å²) in [6.45, 7) is -0.0317. The van der Waals surface area contributed by atoms with Crippen molar-refractivity contribution < 1.29 is 36.5 Å². The van der Waals surface area contributed by atoms with E-state index in [0.717, 1.165) is 6.92 Å². The fourth-order valence-corrected chi connectivity index (χ4v) is 0.994. The molecule has 0 heterocycles. The number of carbonyl (C=O) groups excluding carboxylic acids is 2. The van der Waals surface area contributed by atoms with E-state index in [-0.39, 0.29) is 0 Å². The molecule has 0 saturated carbocycles. The van der Waals surface area contributed by atoms with Gasteiger partial charge < -0.3 is 30.8 Å². The number of hydrogen-bond acceptors (Lipinski definition) is 7. The lowest BCUT2D eigenvalue weighted by Crippen LogP contribution is -2.63. The van der Waals surface area contributed by atoms with Gasteiger partial charge in [-0.3, -0.25) is 9.59 Å². The van der Waals surface area contributed by atoms with Crippen molar-refractivity contribution in [2.45, 2.75) is 31.0 Å². The van der Waals surface area contributed by atoms with Gasteiger partial charge in [0.2, 0.25) is 11.6 Å². The molecule has 4 atom stereocenters. The van der Waals surface area contributed by atoms with Crippen LogP contribution in [0, 0.1) is 0 Å². The zero-order chi connectivity index (χ0) is 13.8. The Morgan fingerprint density at radius 3 is 2.38 bits per heavy atom. The van der Waals surface area contributed by atoms with Gasteiger partial charge in [0.25, 0.3) is 0 Å². The highest BCUT2D eigenvalue weighted by molar-refractivity contribution is 5.79. The van der Waals surface area contributed by atoms with Crippen LogP contribution in [-0.4, -0.2) is 68.3 Å². The first-order chi connectivity index (χ1) is 7.66. The van der Waals surface area contributed by atoms with E-state index in [9.17, 15) is 24.9 Å². The van der Waals surface area contributed by atoms with Crippen LogP contribution < -0.4 is 5.32 Å². The number of aliphatic hydroxyl groups excluding tert-OH is 4. The standard InChI is InChI=1S/C8H15NO7/c1-4(12)9-8(16,3-11)7(15)6(14)5(13)2-10/h3,5-7,10,13-16H,2H2,1H3,(H,9,12)/t5-,6-,7+,8+/m1/s1/i3D. The van der Waals surface area contributed by atoms with Crippen molar-refractivity contribution in [2.75, 3.05) is 6.61 Å². The van der Waals surface area contributed by atoms with Crippen LogP contribution in [0.1, 0.15) is 8.29 Å². The molecule has 0 aromatic heterocycles. The molecule has 0 radical (unpaired) electrons. The molecule has 1 amide bonds. The topological polar surface area (TPSA) is 147 Å². The Kier molecular flexibility index (Phi) is 4.77. The third-order valence-electron chi connectivity index (χ3n) is 1.86. The molecule has 0 fully saturated rings.